The summed E-state index contributed by atoms with van der Waals surface area (Å²) in [5, 5.41) is 9.61. The predicted molar refractivity (Wildman–Crippen MR) is 250 cm³/mol. The lowest BCUT2D eigenvalue weighted by atomic mass is 10.1. The second-order valence-electron chi connectivity index (χ2n) is 14.0. The molecule has 0 saturated carbocycles. The predicted octanol–water partition coefficient (Wildman–Crippen LogP) is 15.2. The van der Waals surface area contributed by atoms with Crippen molar-refractivity contribution in [1.82, 2.24) is 0 Å². The number of carbonyl (C=O) groups excluding carboxylic acids is 1. The van der Waals surface area contributed by atoms with Crippen LogP contribution in [0.1, 0.15) is 155 Å². The first kappa shape index (κ1) is 53.3. The minimum atomic E-state index is -0.594. The highest BCUT2D eigenvalue weighted by Gasteiger charge is 2.13. The van der Waals surface area contributed by atoms with Crippen LogP contribution in [0.4, 0.5) is 0 Å². The Labute approximate surface area is 351 Å². The van der Waals surface area contributed by atoms with E-state index in [9.17, 15) is 9.90 Å². The summed E-state index contributed by atoms with van der Waals surface area (Å²) in [6, 6.07) is 0. The van der Waals surface area contributed by atoms with Crippen LogP contribution in [0.2, 0.25) is 0 Å². The van der Waals surface area contributed by atoms with Gasteiger partial charge in [-0.05, 0) is 103 Å². The molecule has 0 radical (unpaired) electrons. The van der Waals surface area contributed by atoms with Crippen molar-refractivity contribution in [3.8, 4) is 0 Å². The highest BCUT2D eigenvalue weighted by atomic mass is 16.6. The summed E-state index contributed by atoms with van der Waals surface area (Å²) in [5.41, 5.74) is 0. The molecule has 1 atom stereocenters. The van der Waals surface area contributed by atoms with Crippen molar-refractivity contribution in [2.75, 3.05) is 19.8 Å². The van der Waals surface area contributed by atoms with Crippen LogP contribution in [-0.2, 0) is 14.3 Å². The maximum atomic E-state index is 12.2. The molecular weight excluding hydrogens is 701 g/mol. The van der Waals surface area contributed by atoms with E-state index < -0.39 is 6.10 Å². The van der Waals surface area contributed by atoms with Gasteiger partial charge in [0.1, 0.15) is 6.10 Å². The summed E-state index contributed by atoms with van der Waals surface area (Å²) in [5.74, 6) is -0.294. The molecule has 0 saturated heterocycles. The molecule has 0 aromatic rings. The molecule has 0 fully saturated rings. The van der Waals surface area contributed by atoms with Crippen molar-refractivity contribution < 1.29 is 19.4 Å². The molecule has 0 aromatic heterocycles. The Kier molecular flexibility index (Phi) is 45.3. The van der Waals surface area contributed by atoms with Crippen LogP contribution in [0.15, 0.2) is 146 Å². The molecule has 0 aliphatic rings. The number of hydrogen-bond acceptors (Lipinski definition) is 4. The minimum absolute atomic E-state index is 0.218. The molecule has 0 aliphatic carbocycles. The Morgan fingerprint density at radius 2 is 0.737 bits per heavy atom. The third-order valence-electron chi connectivity index (χ3n) is 8.67. The normalized spacial score (nSPS) is 13.8. The molecule has 1 N–H and O–H groups in total. The molecule has 1 unspecified atom stereocenters. The zero-order valence-corrected chi connectivity index (χ0v) is 36.3. The summed E-state index contributed by atoms with van der Waals surface area (Å²) in [6.07, 6.45) is 74.9. The van der Waals surface area contributed by atoms with Crippen LogP contribution >= 0.6 is 0 Å². The second-order valence-corrected chi connectivity index (χ2v) is 14.0. The van der Waals surface area contributed by atoms with Crippen LogP contribution < -0.4 is 0 Å². The summed E-state index contributed by atoms with van der Waals surface area (Å²) in [7, 11) is 0. The number of rotatable bonds is 39. The molecular formula is C53H82O4. The standard InChI is InChI=1S/C53H82O4/c1-3-5-7-9-11-13-15-17-19-21-23-24-25-26-27-28-29-31-33-35-37-39-41-43-45-47-49-56-51-52(50-54)57-53(55)48-46-44-42-40-38-36-34-32-30-22-20-18-16-14-12-10-8-6-4-2/h5-8,11-14,17-20,23-24,26-27,29-32,36,38,42,44,52,54H,3-4,9-10,15-16,21-22,25,28,33-35,37,39-41,43,45-51H2,1-2H3/b7-5-,8-6-,13-11-,14-12-,19-17-,20-18-,24-23-,27-26-,31-29-,32-30-,38-36-,44-42-. The van der Waals surface area contributed by atoms with Crippen molar-refractivity contribution in [3.63, 3.8) is 0 Å². The first-order valence-corrected chi connectivity index (χ1v) is 22.4. The van der Waals surface area contributed by atoms with Crippen LogP contribution in [0.25, 0.3) is 0 Å². The number of hydrogen-bond donors (Lipinski definition) is 1. The van der Waals surface area contributed by atoms with Crippen molar-refractivity contribution in [1.29, 1.82) is 0 Å². The van der Waals surface area contributed by atoms with E-state index in [2.05, 4.69) is 154 Å². The third-order valence-corrected chi connectivity index (χ3v) is 8.67. The Balaban J connectivity index is 3.64. The monoisotopic (exact) mass is 783 g/mol. The van der Waals surface area contributed by atoms with E-state index in [-0.39, 0.29) is 19.2 Å². The Morgan fingerprint density at radius 3 is 1.11 bits per heavy atom. The van der Waals surface area contributed by atoms with Crippen molar-refractivity contribution in [2.45, 2.75) is 161 Å². The maximum Gasteiger partial charge on any atom is 0.306 e. The van der Waals surface area contributed by atoms with Gasteiger partial charge in [-0.25, -0.2) is 0 Å². The SMILES string of the molecule is CC/C=C\C/C=C\C/C=C\C/C=C\C/C=C\C/C=C\CCCCCCCCCOCC(CO)OC(=O)CC/C=C\C/C=C\C/C=C\C/C=C\C/C=C\C/C=C\CC. The van der Waals surface area contributed by atoms with Crippen LogP contribution in [0.5, 0.6) is 0 Å². The Hall–Kier alpha value is -3.73. The molecule has 0 amide bonds. The summed E-state index contributed by atoms with van der Waals surface area (Å²) in [6.45, 7) is 4.98. The molecule has 0 spiro atoms. The highest BCUT2D eigenvalue weighted by Crippen LogP contribution is 2.10. The van der Waals surface area contributed by atoms with E-state index in [4.69, 9.17) is 9.47 Å². The number of unbranched alkanes of at least 4 members (excludes halogenated alkanes) is 7. The van der Waals surface area contributed by atoms with E-state index in [0.29, 0.717) is 19.4 Å². The average Bonchev–Trinajstić information content (AvgIpc) is 3.22. The van der Waals surface area contributed by atoms with Gasteiger partial charge in [0.15, 0.2) is 0 Å². The molecule has 4 nitrogen and oxygen atoms in total. The summed E-state index contributed by atoms with van der Waals surface area (Å²) >= 11 is 0. The second kappa shape index (κ2) is 48.4. The van der Waals surface area contributed by atoms with Crippen molar-refractivity contribution in [2.24, 2.45) is 0 Å². The van der Waals surface area contributed by atoms with Gasteiger partial charge in [-0.15, -0.1) is 0 Å². The summed E-state index contributed by atoms with van der Waals surface area (Å²) in [4.78, 5) is 12.2. The largest absolute Gasteiger partial charge is 0.457 e. The fourth-order valence-corrected chi connectivity index (χ4v) is 5.41. The number of aliphatic hydroxyl groups is 1. The van der Waals surface area contributed by atoms with Gasteiger partial charge in [-0.3, -0.25) is 4.79 Å². The van der Waals surface area contributed by atoms with E-state index in [0.717, 1.165) is 96.3 Å². The van der Waals surface area contributed by atoms with Gasteiger partial charge in [-0.1, -0.05) is 192 Å². The van der Waals surface area contributed by atoms with Gasteiger partial charge in [0, 0.05) is 13.0 Å². The number of ether oxygens (including phenoxy) is 2. The Bertz CT molecular complexity index is 1230. The molecule has 4 heteroatoms. The van der Waals surface area contributed by atoms with Gasteiger partial charge in [0.2, 0.25) is 0 Å². The number of esters is 1. The van der Waals surface area contributed by atoms with E-state index in [1.807, 2.05) is 6.08 Å². The Morgan fingerprint density at radius 1 is 0.421 bits per heavy atom. The zero-order valence-electron chi connectivity index (χ0n) is 36.3. The fraction of sp³-hybridized carbons (Fsp3) is 0.528. The van der Waals surface area contributed by atoms with Crippen LogP contribution in [0.3, 0.4) is 0 Å². The molecule has 57 heavy (non-hydrogen) atoms. The van der Waals surface area contributed by atoms with Crippen LogP contribution in [0, 0.1) is 0 Å². The molecule has 0 bridgehead atoms. The number of allylic oxidation sites excluding steroid dienone is 24. The lowest BCUT2D eigenvalue weighted by Gasteiger charge is -2.15. The average molecular weight is 783 g/mol. The zero-order chi connectivity index (χ0) is 41.2. The van der Waals surface area contributed by atoms with Crippen LogP contribution in [-0.4, -0.2) is 37.0 Å². The first-order chi connectivity index (χ1) is 28.2. The van der Waals surface area contributed by atoms with Gasteiger partial charge in [0.25, 0.3) is 0 Å². The molecule has 0 heterocycles. The van der Waals surface area contributed by atoms with Gasteiger partial charge in [-0.2, -0.15) is 0 Å². The smallest absolute Gasteiger partial charge is 0.306 e. The molecule has 0 rings (SSSR count). The highest BCUT2D eigenvalue weighted by molar-refractivity contribution is 5.69. The van der Waals surface area contributed by atoms with Crippen molar-refractivity contribution in [3.05, 3.63) is 146 Å². The molecule has 0 aromatic carbocycles. The van der Waals surface area contributed by atoms with Gasteiger partial charge in [0.05, 0.1) is 13.2 Å². The fourth-order valence-electron chi connectivity index (χ4n) is 5.41. The van der Waals surface area contributed by atoms with E-state index in [1.165, 1.54) is 32.1 Å². The lowest BCUT2D eigenvalue weighted by Crippen LogP contribution is -2.27. The number of carbonyl (C=O) groups is 1. The van der Waals surface area contributed by atoms with Crippen molar-refractivity contribution >= 4 is 5.97 Å². The topological polar surface area (TPSA) is 55.8 Å². The van der Waals surface area contributed by atoms with Gasteiger partial charge >= 0.3 is 5.97 Å². The third kappa shape index (κ3) is 46.5. The summed E-state index contributed by atoms with van der Waals surface area (Å²) < 4.78 is 11.1. The number of aliphatic hydroxyl groups excluding tert-OH is 1. The lowest BCUT2D eigenvalue weighted by molar-refractivity contribution is -0.154. The molecule has 318 valence electrons. The maximum absolute atomic E-state index is 12.2. The van der Waals surface area contributed by atoms with E-state index >= 15 is 0 Å². The quantitative estimate of drug-likeness (QED) is 0.0383. The first-order valence-electron chi connectivity index (χ1n) is 22.4. The van der Waals surface area contributed by atoms with E-state index in [1.54, 1.807) is 0 Å². The molecule has 0 aliphatic heterocycles. The van der Waals surface area contributed by atoms with Gasteiger partial charge < -0.3 is 14.6 Å². The minimum Gasteiger partial charge on any atom is -0.457 e.